The van der Waals surface area contributed by atoms with Crippen molar-refractivity contribution >= 4 is 5.91 Å². The maximum atomic E-state index is 13.0. The Balaban J connectivity index is 1.17. The van der Waals surface area contributed by atoms with Gasteiger partial charge in [0.25, 0.3) is 5.91 Å². The number of benzene rings is 2. The van der Waals surface area contributed by atoms with E-state index in [1.54, 1.807) is 11.8 Å². The molecule has 5 rings (SSSR count). The highest BCUT2D eigenvalue weighted by Gasteiger charge is 2.24. The zero-order chi connectivity index (χ0) is 23.5. The Labute approximate surface area is 195 Å². The maximum absolute atomic E-state index is 13.0. The molecule has 34 heavy (non-hydrogen) atoms. The molecule has 0 N–H and O–H groups in total. The Hall–Kier alpha value is -4.12. The van der Waals surface area contributed by atoms with Gasteiger partial charge in [-0.15, -0.1) is 5.10 Å². The number of ether oxygens (including phenoxy) is 1. The number of hydrogen-bond acceptors (Lipinski definition) is 9. The highest BCUT2D eigenvalue weighted by Crippen LogP contribution is 2.21. The predicted molar refractivity (Wildman–Crippen MR) is 121 cm³/mol. The number of methoxy groups -OCH3 is 1. The number of aryl methyl sites for hydroxylation is 1. The first-order valence-electron chi connectivity index (χ1n) is 10.9. The Kier molecular flexibility index (Phi) is 6.00. The molecule has 11 heteroatoms. The van der Waals surface area contributed by atoms with Gasteiger partial charge in [0.05, 0.1) is 19.3 Å². The van der Waals surface area contributed by atoms with Crippen LogP contribution in [0.4, 0.5) is 0 Å². The minimum absolute atomic E-state index is 0.0191. The largest absolute Gasteiger partial charge is 0.497 e. The SMILES string of the molecule is COc1ccc(-c2noc(CN3CCN(C(=O)c4ccc(-n5cnnn5)c(C)c4)CC3)n2)cc1. The second-order valence-electron chi connectivity index (χ2n) is 8.06. The summed E-state index contributed by atoms with van der Waals surface area (Å²) >= 11 is 0. The first-order chi connectivity index (χ1) is 16.6. The van der Waals surface area contributed by atoms with E-state index in [1.807, 2.05) is 54.3 Å². The minimum Gasteiger partial charge on any atom is -0.497 e. The van der Waals surface area contributed by atoms with Crippen LogP contribution in [0.2, 0.25) is 0 Å². The second-order valence-corrected chi connectivity index (χ2v) is 8.06. The lowest BCUT2D eigenvalue weighted by Gasteiger charge is -2.34. The summed E-state index contributed by atoms with van der Waals surface area (Å²) < 4.78 is 12.2. The van der Waals surface area contributed by atoms with Crippen LogP contribution < -0.4 is 4.74 Å². The molecule has 0 bridgehead atoms. The molecule has 0 atom stereocenters. The van der Waals surface area contributed by atoms with Gasteiger partial charge in [-0.05, 0) is 65.4 Å². The molecular formula is C23H24N8O3. The summed E-state index contributed by atoms with van der Waals surface area (Å²) in [6.45, 7) is 5.21. The number of hydrogen-bond donors (Lipinski definition) is 0. The molecular weight excluding hydrogens is 436 g/mol. The van der Waals surface area contributed by atoms with E-state index in [4.69, 9.17) is 9.26 Å². The summed E-state index contributed by atoms with van der Waals surface area (Å²) in [5, 5.41) is 15.3. The molecule has 11 nitrogen and oxygen atoms in total. The predicted octanol–water partition coefficient (Wildman–Crippen LogP) is 1.99. The van der Waals surface area contributed by atoms with Gasteiger partial charge in [0, 0.05) is 37.3 Å². The molecule has 1 aliphatic heterocycles. The summed E-state index contributed by atoms with van der Waals surface area (Å²) in [5.74, 6) is 1.90. The normalized spacial score (nSPS) is 14.4. The smallest absolute Gasteiger partial charge is 0.253 e. The standard InChI is InChI=1S/C23H24N8O3/c1-16-13-18(5-8-20(16)31-15-24-27-28-31)23(32)30-11-9-29(10-12-30)14-21-25-22(26-34-21)17-3-6-19(33-2)7-4-17/h3-8,13,15H,9-12,14H2,1-2H3. The fourth-order valence-electron chi connectivity index (χ4n) is 3.98. The van der Waals surface area contributed by atoms with E-state index >= 15 is 0 Å². The van der Waals surface area contributed by atoms with Crippen LogP contribution in [0.15, 0.2) is 53.3 Å². The van der Waals surface area contributed by atoms with Gasteiger partial charge in [-0.3, -0.25) is 9.69 Å². The average molecular weight is 460 g/mol. The number of aromatic nitrogens is 6. The quantitative estimate of drug-likeness (QED) is 0.426. The van der Waals surface area contributed by atoms with Gasteiger partial charge in [-0.1, -0.05) is 5.16 Å². The minimum atomic E-state index is 0.0191. The van der Waals surface area contributed by atoms with Gasteiger partial charge in [0.1, 0.15) is 12.1 Å². The molecule has 3 heterocycles. The van der Waals surface area contributed by atoms with Gasteiger partial charge >= 0.3 is 0 Å². The van der Waals surface area contributed by atoms with Crippen molar-refractivity contribution in [2.45, 2.75) is 13.5 Å². The molecule has 4 aromatic rings. The lowest BCUT2D eigenvalue weighted by molar-refractivity contribution is 0.0615. The topological polar surface area (TPSA) is 115 Å². The first-order valence-corrected chi connectivity index (χ1v) is 10.9. The first kappa shape index (κ1) is 21.7. The summed E-state index contributed by atoms with van der Waals surface area (Å²) in [4.78, 5) is 21.6. The molecule has 1 aliphatic rings. The number of rotatable bonds is 6. The molecule has 1 amide bonds. The summed E-state index contributed by atoms with van der Waals surface area (Å²) in [6.07, 6.45) is 1.53. The highest BCUT2D eigenvalue weighted by atomic mass is 16.5. The second kappa shape index (κ2) is 9.40. The van der Waals surface area contributed by atoms with Gasteiger partial charge in [0.15, 0.2) is 0 Å². The van der Waals surface area contributed by atoms with Crippen molar-refractivity contribution in [2.75, 3.05) is 33.3 Å². The summed E-state index contributed by atoms with van der Waals surface area (Å²) in [7, 11) is 1.63. The van der Waals surface area contributed by atoms with Crippen molar-refractivity contribution in [1.82, 2.24) is 40.1 Å². The Morgan fingerprint density at radius 3 is 2.56 bits per heavy atom. The van der Waals surface area contributed by atoms with Gasteiger partial charge in [-0.2, -0.15) is 4.98 Å². The van der Waals surface area contributed by atoms with E-state index in [2.05, 4.69) is 30.6 Å². The van der Waals surface area contributed by atoms with Crippen molar-refractivity contribution in [2.24, 2.45) is 0 Å². The van der Waals surface area contributed by atoms with Crippen molar-refractivity contribution in [1.29, 1.82) is 0 Å². The fourth-order valence-corrected chi connectivity index (χ4v) is 3.98. The van der Waals surface area contributed by atoms with Gasteiger partial charge in [0.2, 0.25) is 11.7 Å². The molecule has 1 saturated heterocycles. The van der Waals surface area contributed by atoms with Gasteiger partial charge < -0.3 is 14.2 Å². The Morgan fingerprint density at radius 2 is 1.88 bits per heavy atom. The number of carbonyl (C=O) groups is 1. The Morgan fingerprint density at radius 1 is 1.09 bits per heavy atom. The van der Waals surface area contributed by atoms with Crippen molar-refractivity contribution in [3.05, 3.63) is 65.8 Å². The molecule has 0 radical (unpaired) electrons. The monoisotopic (exact) mass is 460 g/mol. The lowest BCUT2D eigenvalue weighted by Crippen LogP contribution is -2.48. The number of piperazine rings is 1. The third-order valence-corrected chi connectivity index (χ3v) is 5.87. The van der Waals surface area contributed by atoms with Crippen LogP contribution in [0.3, 0.4) is 0 Å². The maximum Gasteiger partial charge on any atom is 0.253 e. The lowest BCUT2D eigenvalue weighted by atomic mass is 10.1. The third-order valence-electron chi connectivity index (χ3n) is 5.87. The van der Waals surface area contributed by atoms with Crippen LogP contribution in [-0.2, 0) is 6.54 Å². The van der Waals surface area contributed by atoms with E-state index < -0.39 is 0 Å². The number of tetrazole rings is 1. The van der Waals surface area contributed by atoms with E-state index in [1.165, 1.54) is 6.33 Å². The van der Waals surface area contributed by atoms with Crippen LogP contribution >= 0.6 is 0 Å². The average Bonchev–Trinajstić information content (AvgIpc) is 3.57. The molecule has 0 saturated carbocycles. The molecule has 174 valence electrons. The Bertz CT molecular complexity index is 1260. The number of carbonyl (C=O) groups excluding carboxylic acids is 1. The molecule has 1 fully saturated rings. The van der Waals surface area contributed by atoms with E-state index in [-0.39, 0.29) is 5.91 Å². The molecule has 2 aromatic heterocycles. The molecule has 2 aromatic carbocycles. The molecule has 0 unspecified atom stereocenters. The fraction of sp³-hybridized carbons (Fsp3) is 0.304. The zero-order valence-electron chi connectivity index (χ0n) is 19.0. The van der Waals surface area contributed by atoms with Crippen LogP contribution in [0.1, 0.15) is 21.8 Å². The molecule has 0 aliphatic carbocycles. The van der Waals surface area contributed by atoms with Crippen LogP contribution in [0.5, 0.6) is 5.75 Å². The van der Waals surface area contributed by atoms with Crippen LogP contribution in [-0.4, -0.2) is 79.3 Å². The zero-order valence-corrected chi connectivity index (χ0v) is 19.0. The van der Waals surface area contributed by atoms with E-state index in [9.17, 15) is 4.79 Å². The van der Waals surface area contributed by atoms with Crippen LogP contribution in [0, 0.1) is 6.92 Å². The number of nitrogens with zero attached hydrogens (tertiary/aromatic N) is 8. The third kappa shape index (κ3) is 4.50. The van der Waals surface area contributed by atoms with E-state index in [0.29, 0.717) is 36.9 Å². The summed E-state index contributed by atoms with van der Waals surface area (Å²) in [5.41, 5.74) is 3.30. The van der Waals surface area contributed by atoms with Crippen molar-refractivity contribution < 1.29 is 14.1 Å². The molecule has 0 spiro atoms. The van der Waals surface area contributed by atoms with Crippen LogP contribution in [0.25, 0.3) is 17.1 Å². The number of amides is 1. The van der Waals surface area contributed by atoms with Gasteiger partial charge in [-0.25, -0.2) is 4.68 Å². The highest BCUT2D eigenvalue weighted by molar-refractivity contribution is 5.94. The van der Waals surface area contributed by atoms with Crippen molar-refractivity contribution in [3.63, 3.8) is 0 Å². The van der Waals surface area contributed by atoms with Crippen molar-refractivity contribution in [3.8, 4) is 22.8 Å². The summed E-state index contributed by atoms with van der Waals surface area (Å²) in [6, 6.07) is 13.1. The van der Waals surface area contributed by atoms with E-state index in [0.717, 1.165) is 35.7 Å².